The fourth-order valence-electron chi connectivity index (χ4n) is 2.47. The lowest BCUT2D eigenvalue weighted by Gasteiger charge is -2.29. The first-order valence-corrected chi connectivity index (χ1v) is 7.89. The predicted molar refractivity (Wildman–Crippen MR) is 85.9 cm³/mol. The molecule has 0 radical (unpaired) electrons. The molecule has 0 aromatic carbocycles. The summed E-state index contributed by atoms with van der Waals surface area (Å²) >= 11 is 0. The maximum Gasteiger partial charge on any atom is 0.132 e. The van der Waals surface area contributed by atoms with E-state index < -0.39 is 0 Å². The molecule has 0 amide bonds. The molecule has 6 heteroatoms. The van der Waals surface area contributed by atoms with E-state index in [2.05, 4.69) is 46.3 Å². The first-order chi connectivity index (χ1) is 10.2. The van der Waals surface area contributed by atoms with Gasteiger partial charge in [0.05, 0.1) is 13.2 Å². The quantitative estimate of drug-likeness (QED) is 0.796. The van der Waals surface area contributed by atoms with Crippen molar-refractivity contribution in [1.29, 1.82) is 0 Å². The summed E-state index contributed by atoms with van der Waals surface area (Å²) in [6.45, 7) is 11.9. The maximum absolute atomic E-state index is 5.38. The van der Waals surface area contributed by atoms with E-state index in [0.717, 1.165) is 63.3 Å². The molecule has 1 atom stereocenters. The van der Waals surface area contributed by atoms with Gasteiger partial charge in [-0.05, 0) is 13.8 Å². The molecule has 0 saturated carbocycles. The molecule has 1 saturated heterocycles. The van der Waals surface area contributed by atoms with Crippen molar-refractivity contribution in [3.8, 4) is 0 Å². The van der Waals surface area contributed by atoms with Crippen LogP contribution in [0.2, 0.25) is 0 Å². The standard InChI is InChI=1S/C15H27N5O/c1-4-13-18-14(16-5-2)10-15(19-13)17-12(3)11-20-6-8-21-9-7-20/h10,12H,4-9,11H2,1-3H3,(H2,16,17,18,19). The lowest BCUT2D eigenvalue weighted by atomic mass is 10.3. The Labute approximate surface area is 127 Å². The van der Waals surface area contributed by atoms with Crippen molar-refractivity contribution < 1.29 is 4.74 Å². The van der Waals surface area contributed by atoms with Crippen LogP contribution in [0.15, 0.2) is 6.07 Å². The van der Waals surface area contributed by atoms with Crippen LogP contribution in [-0.2, 0) is 11.2 Å². The number of aromatic nitrogens is 2. The molecule has 1 aromatic heterocycles. The van der Waals surface area contributed by atoms with Gasteiger partial charge in [-0.1, -0.05) is 6.92 Å². The van der Waals surface area contributed by atoms with Gasteiger partial charge in [-0.2, -0.15) is 0 Å². The molecule has 1 aliphatic rings. The summed E-state index contributed by atoms with van der Waals surface area (Å²) in [5.41, 5.74) is 0. The van der Waals surface area contributed by atoms with Crippen molar-refractivity contribution >= 4 is 11.6 Å². The van der Waals surface area contributed by atoms with Crippen molar-refractivity contribution in [2.45, 2.75) is 33.2 Å². The number of ether oxygens (including phenoxy) is 1. The molecular weight excluding hydrogens is 266 g/mol. The summed E-state index contributed by atoms with van der Waals surface area (Å²) in [4.78, 5) is 11.5. The molecule has 1 aromatic rings. The van der Waals surface area contributed by atoms with Crippen molar-refractivity contribution in [1.82, 2.24) is 14.9 Å². The van der Waals surface area contributed by atoms with Crippen LogP contribution in [0.4, 0.5) is 11.6 Å². The number of rotatable bonds is 7. The van der Waals surface area contributed by atoms with E-state index in [1.165, 1.54) is 0 Å². The third kappa shape index (κ3) is 5.13. The van der Waals surface area contributed by atoms with Crippen LogP contribution in [0.5, 0.6) is 0 Å². The van der Waals surface area contributed by atoms with Crippen LogP contribution < -0.4 is 10.6 Å². The number of nitrogens with zero attached hydrogens (tertiary/aromatic N) is 3. The van der Waals surface area contributed by atoms with Crippen LogP contribution in [0.1, 0.15) is 26.6 Å². The monoisotopic (exact) mass is 293 g/mol. The van der Waals surface area contributed by atoms with E-state index >= 15 is 0 Å². The van der Waals surface area contributed by atoms with Gasteiger partial charge in [-0.3, -0.25) is 4.90 Å². The average molecular weight is 293 g/mol. The zero-order chi connectivity index (χ0) is 15.1. The number of morpholine rings is 1. The van der Waals surface area contributed by atoms with Crippen molar-refractivity contribution in [2.75, 3.05) is 50.0 Å². The van der Waals surface area contributed by atoms with Crippen LogP contribution in [0.25, 0.3) is 0 Å². The topological polar surface area (TPSA) is 62.3 Å². The smallest absolute Gasteiger partial charge is 0.132 e. The van der Waals surface area contributed by atoms with Gasteiger partial charge in [0.2, 0.25) is 0 Å². The fraction of sp³-hybridized carbons (Fsp3) is 0.733. The second kappa shape index (κ2) is 8.14. The highest BCUT2D eigenvalue weighted by molar-refractivity contribution is 5.48. The van der Waals surface area contributed by atoms with Gasteiger partial charge in [-0.15, -0.1) is 0 Å². The van der Waals surface area contributed by atoms with Crippen molar-refractivity contribution in [2.24, 2.45) is 0 Å². The zero-order valence-electron chi connectivity index (χ0n) is 13.4. The van der Waals surface area contributed by atoms with Crippen LogP contribution >= 0.6 is 0 Å². The van der Waals surface area contributed by atoms with E-state index in [1.54, 1.807) is 0 Å². The SMILES string of the molecule is CCNc1cc(NC(C)CN2CCOCC2)nc(CC)n1. The number of hydrogen-bond donors (Lipinski definition) is 2. The van der Waals surface area contributed by atoms with Crippen molar-refractivity contribution in [3.05, 3.63) is 11.9 Å². The Hall–Kier alpha value is -1.40. The minimum atomic E-state index is 0.345. The summed E-state index contributed by atoms with van der Waals surface area (Å²) in [7, 11) is 0. The zero-order valence-corrected chi connectivity index (χ0v) is 13.4. The normalized spacial score (nSPS) is 17.5. The second-order valence-electron chi connectivity index (χ2n) is 5.40. The van der Waals surface area contributed by atoms with Gasteiger partial charge >= 0.3 is 0 Å². The Morgan fingerprint density at radius 2 is 1.95 bits per heavy atom. The van der Waals surface area contributed by atoms with E-state index in [-0.39, 0.29) is 0 Å². The lowest BCUT2D eigenvalue weighted by Crippen LogP contribution is -2.42. The van der Waals surface area contributed by atoms with Gasteiger partial charge in [0.15, 0.2) is 0 Å². The molecule has 0 bridgehead atoms. The molecule has 6 nitrogen and oxygen atoms in total. The lowest BCUT2D eigenvalue weighted by molar-refractivity contribution is 0.0368. The second-order valence-corrected chi connectivity index (χ2v) is 5.40. The number of nitrogens with one attached hydrogen (secondary N) is 2. The van der Waals surface area contributed by atoms with E-state index in [0.29, 0.717) is 6.04 Å². The van der Waals surface area contributed by atoms with Gasteiger partial charge in [0.1, 0.15) is 17.5 Å². The van der Waals surface area contributed by atoms with Gasteiger partial charge in [-0.25, -0.2) is 9.97 Å². The Morgan fingerprint density at radius 3 is 2.62 bits per heavy atom. The highest BCUT2D eigenvalue weighted by Crippen LogP contribution is 2.13. The number of aryl methyl sites for hydroxylation is 1. The molecule has 2 rings (SSSR count). The molecular formula is C15H27N5O. The Kier molecular flexibility index (Phi) is 6.20. The van der Waals surface area contributed by atoms with Crippen molar-refractivity contribution in [3.63, 3.8) is 0 Å². The van der Waals surface area contributed by atoms with Crippen LogP contribution in [0.3, 0.4) is 0 Å². The van der Waals surface area contributed by atoms with Gasteiger partial charge < -0.3 is 15.4 Å². The number of hydrogen-bond acceptors (Lipinski definition) is 6. The molecule has 21 heavy (non-hydrogen) atoms. The average Bonchev–Trinajstić information content (AvgIpc) is 2.48. The largest absolute Gasteiger partial charge is 0.379 e. The highest BCUT2D eigenvalue weighted by Gasteiger charge is 2.14. The van der Waals surface area contributed by atoms with E-state index in [9.17, 15) is 0 Å². The summed E-state index contributed by atoms with van der Waals surface area (Å²) in [5.74, 6) is 2.67. The molecule has 1 aliphatic heterocycles. The molecule has 2 heterocycles. The third-order valence-electron chi connectivity index (χ3n) is 3.48. The molecule has 2 N–H and O–H groups in total. The molecule has 1 unspecified atom stereocenters. The summed E-state index contributed by atoms with van der Waals surface area (Å²) < 4.78 is 5.38. The fourth-order valence-corrected chi connectivity index (χ4v) is 2.47. The predicted octanol–water partition coefficient (Wildman–Crippen LogP) is 1.60. The summed E-state index contributed by atoms with van der Waals surface area (Å²) in [5, 5.41) is 6.75. The molecule has 0 spiro atoms. The van der Waals surface area contributed by atoms with E-state index in [4.69, 9.17) is 4.74 Å². The minimum absolute atomic E-state index is 0.345. The molecule has 1 fully saturated rings. The highest BCUT2D eigenvalue weighted by atomic mass is 16.5. The summed E-state index contributed by atoms with van der Waals surface area (Å²) in [6.07, 6.45) is 0.839. The Balaban J connectivity index is 1.95. The van der Waals surface area contributed by atoms with Crippen LogP contribution in [-0.4, -0.2) is 60.3 Å². The number of anilines is 2. The molecule has 0 aliphatic carbocycles. The summed E-state index contributed by atoms with van der Waals surface area (Å²) in [6, 6.07) is 2.33. The molecule has 118 valence electrons. The maximum atomic E-state index is 5.38. The minimum Gasteiger partial charge on any atom is -0.379 e. The first kappa shape index (κ1) is 16.0. The third-order valence-corrected chi connectivity index (χ3v) is 3.48. The Bertz CT molecular complexity index is 434. The van der Waals surface area contributed by atoms with Gasteiger partial charge in [0, 0.05) is 44.7 Å². The Morgan fingerprint density at radius 1 is 1.24 bits per heavy atom. The van der Waals surface area contributed by atoms with Crippen LogP contribution in [0, 0.1) is 0 Å². The first-order valence-electron chi connectivity index (χ1n) is 7.89. The van der Waals surface area contributed by atoms with Gasteiger partial charge in [0.25, 0.3) is 0 Å². The van der Waals surface area contributed by atoms with E-state index in [1.807, 2.05) is 6.07 Å².